The molecule has 0 unspecified atom stereocenters. The van der Waals surface area contributed by atoms with Gasteiger partial charge in [0.2, 0.25) is 0 Å². The summed E-state index contributed by atoms with van der Waals surface area (Å²) in [6.45, 7) is 1.81. The highest BCUT2D eigenvalue weighted by Gasteiger charge is 1.96. The fourth-order valence-electron chi connectivity index (χ4n) is 0.654. The van der Waals surface area contributed by atoms with Crippen LogP contribution in [0.3, 0.4) is 0 Å². The maximum absolute atomic E-state index is 10.6. The molecule has 0 fully saturated rings. The molecule has 1 rings (SSSR count). The van der Waals surface area contributed by atoms with Crippen LogP contribution in [0.4, 0.5) is 0 Å². The number of nitrogens with zero attached hydrogens (tertiary/aromatic N) is 1. The van der Waals surface area contributed by atoms with E-state index in [-0.39, 0.29) is 5.69 Å². The first-order valence-corrected chi connectivity index (χ1v) is 2.84. The van der Waals surface area contributed by atoms with Crippen LogP contribution in [0.15, 0.2) is 11.0 Å². The summed E-state index contributed by atoms with van der Waals surface area (Å²) in [5, 5.41) is 0. The van der Waals surface area contributed by atoms with Gasteiger partial charge in [-0.15, -0.1) is 0 Å². The van der Waals surface area contributed by atoms with E-state index in [2.05, 4.69) is 9.97 Å². The maximum Gasteiger partial charge on any atom is 0.347 e. The Morgan fingerprint density at radius 1 is 1.70 bits per heavy atom. The summed E-state index contributed by atoms with van der Waals surface area (Å²) in [4.78, 5) is 16.5. The topological polar surface area (TPSA) is 55.0 Å². The summed E-state index contributed by atoms with van der Waals surface area (Å²) in [6, 6.07) is 0. The SMILES string of the molecule is COc1[nH]c(=O)ncc1C. The van der Waals surface area contributed by atoms with Gasteiger partial charge in [-0.05, 0) is 6.92 Å². The average Bonchev–Trinajstić information content (AvgIpc) is 1.94. The van der Waals surface area contributed by atoms with Crippen molar-refractivity contribution in [3.8, 4) is 5.88 Å². The minimum atomic E-state index is -0.387. The van der Waals surface area contributed by atoms with Gasteiger partial charge in [0, 0.05) is 11.8 Å². The van der Waals surface area contributed by atoms with Gasteiger partial charge in [0.1, 0.15) is 0 Å². The number of nitrogens with one attached hydrogen (secondary N) is 1. The van der Waals surface area contributed by atoms with Crippen molar-refractivity contribution in [1.82, 2.24) is 9.97 Å². The number of hydrogen-bond donors (Lipinski definition) is 1. The molecule has 1 N–H and O–H groups in total. The van der Waals surface area contributed by atoms with Crippen LogP contribution in [0.5, 0.6) is 5.88 Å². The van der Waals surface area contributed by atoms with Gasteiger partial charge >= 0.3 is 5.69 Å². The molecule has 1 aromatic heterocycles. The number of H-pyrrole nitrogens is 1. The van der Waals surface area contributed by atoms with E-state index in [0.29, 0.717) is 5.88 Å². The van der Waals surface area contributed by atoms with Gasteiger partial charge in [0.05, 0.1) is 7.11 Å². The Morgan fingerprint density at radius 3 is 2.90 bits per heavy atom. The average molecular weight is 140 g/mol. The van der Waals surface area contributed by atoms with Crippen LogP contribution < -0.4 is 10.4 Å². The number of aromatic amines is 1. The van der Waals surface area contributed by atoms with Crippen LogP contribution in [0.1, 0.15) is 5.56 Å². The van der Waals surface area contributed by atoms with E-state index in [1.807, 2.05) is 6.92 Å². The molecule has 10 heavy (non-hydrogen) atoms. The molecular formula is C6H8N2O2. The Balaban J connectivity index is 3.22. The molecule has 0 spiro atoms. The van der Waals surface area contributed by atoms with Crippen molar-refractivity contribution in [3.63, 3.8) is 0 Å². The number of aryl methyl sites for hydroxylation is 1. The molecule has 4 heteroatoms. The quantitative estimate of drug-likeness (QED) is 0.601. The Kier molecular flexibility index (Phi) is 1.71. The number of ether oxygens (including phenoxy) is 1. The third kappa shape index (κ3) is 1.15. The first-order chi connectivity index (χ1) is 4.74. The molecule has 4 nitrogen and oxygen atoms in total. The summed E-state index contributed by atoms with van der Waals surface area (Å²) in [5.74, 6) is 0.472. The predicted molar refractivity (Wildman–Crippen MR) is 36.1 cm³/mol. The van der Waals surface area contributed by atoms with Crippen LogP contribution in [-0.2, 0) is 0 Å². The van der Waals surface area contributed by atoms with E-state index in [1.54, 1.807) is 0 Å². The van der Waals surface area contributed by atoms with E-state index in [9.17, 15) is 4.79 Å². The minimum Gasteiger partial charge on any atom is -0.482 e. The fraction of sp³-hybridized carbons (Fsp3) is 0.333. The zero-order chi connectivity index (χ0) is 7.56. The summed E-state index contributed by atoms with van der Waals surface area (Å²) in [5.41, 5.74) is 0.435. The molecule has 1 heterocycles. The molecule has 0 bridgehead atoms. The normalized spacial score (nSPS) is 9.40. The Bertz CT molecular complexity index is 279. The lowest BCUT2D eigenvalue weighted by Crippen LogP contribution is -2.11. The van der Waals surface area contributed by atoms with Crippen molar-refractivity contribution in [1.29, 1.82) is 0 Å². The molecule has 0 atom stereocenters. The Labute approximate surface area is 57.9 Å². The van der Waals surface area contributed by atoms with Crippen LogP contribution in [-0.4, -0.2) is 17.1 Å². The second kappa shape index (κ2) is 2.51. The lowest BCUT2D eigenvalue weighted by Gasteiger charge is -1.99. The highest BCUT2D eigenvalue weighted by atomic mass is 16.5. The lowest BCUT2D eigenvalue weighted by molar-refractivity contribution is 0.391. The molecule has 0 aliphatic rings. The first-order valence-electron chi connectivity index (χ1n) is 2.84. The zero-order valence-electron chi connectivity index (χ0n) is 5.84. The molecule has 0 saturated carbocycles. The predicted octanol–water partition coefficient (Wildman–Crippen LogP) is 0.0869. The smallest absolute Gasteiger partial charge is 0.347 e. The molecule has 0 saturated heterocycles. The van der Waals surface area contributed by atoms with Gasteiger partial charge in [-0.3, -0.25) is 4.98 Å². The molecule has 54 valence electrons. The molecule has 0 aliphatic heterocycles. The van der Waals surface area contributed by atoms with Crippen LogP contribution in [0.25, 0.3) is 0 Å². The van der Waals surface area contributed by atoms with Crippen molar-refractivity contribution in [2.75, 3.05) is 7.11 Å². The highest BCUT2D eigenvalue weighted by Crippen LogP contribution is 2.06. The minimum absolute atomic E-state index is 0.387. The summed E-state index contributed by atoms with van der Waals surface area (Å²) >= 11 is 0. The molecule has 0 aromatic carbocycles. The van der Waals surface area contributed by atoms with Crippen molar-refractivity contribution in [2.45, 2.75) is 6.92 Å². The second-order valence-electron chi connectivity index (χ2n) is 1.90. The van der Waals surface area contributed by atoms with E-state index < -0.39 is 0 Å². The number of aromatic nitrogens is 2. The van der Waals surface area contributed by atoms with Crippen LogP contribution in [0.2, 0.25) is 0 Å². The van der Waals surface area contributed by atoms with E-state index in [0.717, 1.165) is 5.56 Å². The van der Waals surface area contributed by atoms with Gasteiger partial charge in [-0.1, -0.05) is 0 Å². The standard InChI is InChI=1S/C6H8N2O2/c1-4-3-7-6(9)8-5(4)10-2/h3H,1-2H3,(H,7,8,9). The van der Waals surface area contributed by atoms with Crippen molar-refractivity contribution < 1.29 is 4.74 Å². The lowest BCUT2D eigenvalue weighted by atomic mass is 10.4. The summed E-state index contributed by atoms with van der Waals surface area (Å²) < 4.78 is 4.83. The van der Waals surface area contributed by atoms with Crippen molar-refractivity contribution >= 4 is 0 Å². The van der Waals surface area contributed by atoms with E-state index >= 15 is 0 Å². The van der Waals surface area contributed by atoms with Gasteiger partial charge in [-0.25, -0.2) is 9.78 Å². The highest BCUT2D eigenvalue weighted by molar-refractivity contribution is 5.19. The van der Waals surface area contributed by atoms with E-state index in [4.69, 9.17) is 4.74 Å². The number of methoxy groups -OCH3 is 1. The van der Waals surface area contributed by atoms with Crippen molar-refractivity contribution in [2.24, 2.45) is 0 Å². The maximum atomic E-state index is 10.6. The Hall–Kier alpha value is -1.32. The van der Waals surface area contributed by atoms with Crippen LogP contribution in [0, 0.1) is 6.92 Å². The molecule has 0 amide bonds. The van der Waals surface area contributed by atoms with Crippen molar-refractivity contribution in [3.05, 3.63) is 22.2 Å². The number of rotatable bonds is 1. The third-order valence-corrected chi connectivity index (χ3v) is 1.16. The summed E-state index contributed by atoms with van der Waals surface area (Å²) in [6.07, 6.45) is 1.47. The van der Waals surface area contributed by atoms with E-state index in [1.165, 1.54) is 13.3 Å². The Morgan fingerprint density at radius 2 is 2.40 bits per heavy atom. The van der Waals surface area contributed by atoms with Gasteiger partial charge in [0.25, 0.3) is 0 Å². The number of hydrogen-bond acceptors (Lipinski definition) is 3. The second-order valence-corrected chi connectivity index (χ2v) is 1.90. The molecule has 0 radical (unpaired) electrons. The van der Waals surface area contributed by atoms with Gasteiger partial charge in [-0.2, -0.15) is 0 Å². The molecule has 0 aliphatic carbocycles. The molecular weight excluding hydrogens is 132 g/mol. The molecule has 1 aromatic rings. The first kappa shape index (κ1) is 6.80. The van der Waals surface area contributed by atoms with Gasteiger partial charge < -0.3 is 4.74 Å². The zero-order valence-corrected chi connectivity index (χ0v) is 5.84. The largest absolute Gasteiger partial charge is 0.482 e. The van der Waals surface area contributed by atoms with Crippen LogP contribution >= 0.6 is 0 Å². The fourth-order valence-corrected chi connectivity index (χ4v) is 0.654. The summed E-state index contributed by atoms with van der Waals surface area (Å²) in [7, 11) is 1.50. The monoisotopic (exact) mass is 140 g/mol. The van der Waals surface area contributed by atoms with Gasteiger partial charge in [0.15, 0.2) is 5.88 Å². The third-order valence-electron chi connectivity index (χ3n) is 1.16.